The van der Waals surface area contributed by atoms with Gasteiger partial charge in [-0.2, -0.15) is 0 Å². The van der Waals surface area contributed by atoms with Crippen LogP contribution in [0.5, 0.6) is 11.5 Å². The van der Waals surface area contributed by atoms with E-state index >= 15 is 0 Å². The number of nitrogens with two attached hydrogens (primary N) is 1. The molecule has 22 heavy (non-hydrogen) atoms. The van der Waals surface area contributed by atoms with Gasteiger partial charge >= 0.3 is 0 Å². The zero-order chi connectivity index (χ0) is 15.4. The molecule has 1 aliphatic heterocycles. The first-order valence-corrected chi connectivity index (χ1v) is 8.24. The van der Waals surface area contributed by atoms with Crippen molar-refractivity contribution in [3.63, 3.8) is 0 Å². The van der Waals surface area contributed by atoms with E-state index in [0.29, 0.717) is 12.8 Å². The van der Waals surface area contributed by atoms with Gasteiger partial charge < -0.3 is 20.1 Å². The smallest absolute Gasteiger partial charge is 0.278 e. The van der Waals surface area contributed by atoms with E-state index in [1.807, 2.05) is 25.1 Å². The van der Waals surface area contributed by atoms with Crippen LogP contribution in [0.25, 0.3) is 0 Å². The van der Waals surface area contributed by atoms with Crippen LogP contribution in [0.15, 0.2) is 18.2 Å². The van der Waals surface area contributed by atoms with Gasteiger partial charge in [0.05, 0.1) is 0 Å². The molecule has 0 bridgehead atoms. The summed E-state index contributed by atoms with van der Waals surface area (Å²) in [6, 6.07) is 6.24. The monoisotopic (exact) mass is 305 g/mol. The molecule has 1 aromatic rings. The minimum absolute atomic E-state index is 0.0765. The van der Waals surface area contributed by atoms with E-state index in [9.17, 15) is 4.79 Å². The summed E-state index contributed by atoms with van der Waals surface area (Å²) in [7, 11) is 0. The number of fused-ring (bicyclic) bond motifs is 1. The van der Waals surface area contributed by atoms with Crippen molar-refractivity contribution in [1.82, 2.24) is 5.32 Å². The molecule has 1 aliphatic carbocycles. The van der Waals surface area contributed by atoms with Gasteiger partial charge in [0.2, 0.25) is 6.79 Å². The molecular formula is C17H25N2O3+. The third kappa shape index (κ3) is 3.71. The molecule has 3 rings (SSSR count). The van der Waals surface area contributed by atoms with Crippen molar-refractivity contribution in [3.05, 3.63) is 23.8 Å². The molecule has 0 aromatic heterocycles. The SMILES string of the molecule is C[C@@H]([NH2+]Cc1ccc2c(c1)OCO2)C(=O)NC1CCCCC1. The Labute approximate surface area is 131 Å². The number of carbonyl (C=O) groups excluding carboxylic acids is 1. The molecule has 2 aliphatic rings. The number of hydrogen-bond acceptors (Lipinski definition) is 3. The van der Waals surface area contributed by atoms with Gasteiger partial charge in [-0.25, -0.2) is 0 Å². The quantitative estimate of drug-likeness (QED) is 0.862. The number of amides is 1. The van der Waals surface area contributed by atoms with Crippen LogP contribution in [0.4, 0.5) is 0 Å². The second kappa shape index (κ2) is 7.01. The van der Waals surface area contributed by atoms with E-state index in [2.05, 4.69) is 10.6 Å². The molecule has 120 valence electrons. The lowest BCUT2D eigenvalue weighted by atomic mass is 9.95. The second-order valence-electron chi connectivity index (χ2n) is 6.26. The Kier molecular flexibility index (Phi) is 4.83. The summed E-state index contributed by atoms with van der Waals surface area (Å²) in [5, 5.41) is 5.25. The van der Waals surface area contributed by atoms with Crippen molar-refractivity contribution in [2.75, 3.05) is 6.79 Å². The van der Waals surface area contributed by atoms with E-state index in [4.69, 9.17) is 9.47 Å². The maximum Gasteiger partial charge on any atom is 0.278 e. The van der Waals surface area contributed by atoms with Crippen molar-refractivity contribution in [3.8, 4) is 11.5 Å². The van der Waals surface area contributed by atoms with Gasteiger partial charge in [0, 0.05) is 11.6 Å². The highest BCUT2D eigenvalue weighted by Crippen LogP contribution is 2.32. The third-order valence-corrected chi connectivity index (χ3v) is 4.51. The lowest BCUT2D eigenvalue weighted by molar-refractivity contribution is -0.689. The Morgan fingerprint density at radius 3 is 2.86 bits per heavy atom. The zero-order valence-corrected chi connectivity index (χ0v) is 13.1. The van der Waals surface area contributed by atoms with E-state index in [1.54, 1.807) is 0 Å². The standard InChI is InChI=1S/C17H24N2O3/c1-12(17(20)19-14-5-3-2-4-6-14)18-10-13-7-8-15-16(9-13)22-11-21-15/h7-9,12,14,18H,2-6,10-11H2,1H3,(H,19,20)/p+1/t12-/m1/s1. The van der Waals surface area contributed by atoms with Crippen molar-refractivity contribution in [2.45, 2.75) is 57.7 Å². The first-order valence-electron chi connectivity index (χ1n) is 8.24. The molecule has 1 amide bonds. The predicted molar refractivity (Wildman–Crippen MR) is 82.7 cm³/mol. The summed E-state index contributed by atoms with van der Waals surface area (Å²) in [4.78, 5) is 12.2. The van der Waals surface area contributed by atoms with E-state index in [0.717, 1.165) is 36.4 Å². The number of quaternary nitrogens is 1. The third-order valence-electron chi connectivity index (χ3n) is 4.51. The molecule has 5 nitrogen and oxygen atoms in total. The summed E-state index contributed by atoms with van der Waals surface area (Å²) in [6.07, 6.45) is 6.03. The Bertz CT molecular complexity index is 527. The highest BCUT2D eigenvalue weighted by atomic mass is 16.7. The topological polar surface area (TPSA) is 64.2 Å². The molecule has 0 saturated heterocycles. The fraction of sp³-hybridized carbons (Fsp3) is 0.588. The van der Waals surface area contributed by atoms with E-state index in [-0.39, 0.29) is 11.9 Å². The summed E-state index contributed by atoms with van der Waals surface area (Å²) in [5.41, 5.74) is 1.14. The molecule has 0 unspecified atom stereocenters. The fourth-order valence-electron chi connectivity index (χ4n) is 3.07. The van der Waals surface area contributed by atoms with Crippen LogP contribution in [0, 0.1) is 0 Å². The average Bonchev–Trinajstić information content (AvgIpc) is 3.01. The Balaban J connectivity index is 1.47. The molecule has 1 atom stereocenters. The predicted octanol–water partition coefficient (Wildman–Crippen LogP) is 1.32. The van der Waals surface area contributed by atoms with Crippen molar-refractivity contribution in [1.29, 1.82) is 0 Å². The Morgan fingerprint density at radius 1 is 1.27 bits per heavy atom. The largest absolute Gasteiger partial charge is 0.454 e. The molecule has 1 fully saturated rings. The van der Waals surface area contributed by atoms with Crippen molar-refractivity contribution < 1.29 is 19.6 Å². The zero-order valence-electron chi connectivity index (χ0n) is 13.1. The molecule has 1 heterocycles. The van der Waals surface area contributed by atoms with Crippen LogP contribution in [-0.4, -0.2) is 24.8 Å². The molecule has 1 saturated carbocycles. The highest BCUT2D eigenvalue weighted by molar-refractivity contribution is 5.80. The van der Waals surface area contributed by atoms with Gasteiger partial charge in [-0.1, -0.05) is 19.3 Å². The fourth-order valence-corrected chi connectivity index (χ4v) is 3.07. The van der Waals surface area contributed by atoms with E-state index < -0.39 is 0 Å². The molecular weight excluding hydrogens is 280 g/mol. The van der Waals surface area contributed by atoms with Crippen LogP contribution in [-0.2, 0) is 11.3 Å². The van der Waals surface area contributed by atoms with Crippen LogP contribution in [0.3, 0.4) is 0 Å². The average molecular weight is 305 g/mol. The van der Waals surface area contributed by atoms with Crippen LogP contribution >= 0.6 is 0 Å². The summed E-state index contributed by atoms with van der Waals surface area (Å²) < 4.78 is 10.7. The van der Waals surface area contributed by atoms with Gasteiger partial charge in [-0.15, -0.1) is 0 Å². The normalized spacial score (nSPS) is 19.0. The van der Waals surface area contributed by atoms with Crippen LogP contribution in [0.1, 0.15) is 44.6 Å². The number of hydrogen-bond donors (Lipinski definition) is 2. The maximum absolute atomic E-state index is 12.2. The second-order valence-corrected chi connectivity index (χ2v) is 6.26. The molecule has 1 aromatic carbocycles. The van der Waals surface area contributed by atoms with Gasteiger partial charge in [0.15, 0.2) is 17.5 Å². The van der Waals surface area contributed by atoms with Gasteiger partial charge in [0.25, 0.3) is 5.91 Å². The Morgan fingerprint density at radius 2 is 2.05 bits per heavy atom. The summed E-state index contributed by atoms with van der Waals surface area (Å²) in [5.74, 6) is 1.74. The molecule has 3 N–H and O–H groups in total. The summed E-state index contributed by atoms with van der Waals surface area (Å²) in [6.45, 7) is 3.02. The lowest BCUT2D eigenvalue weighted by Crippen LogP contribution is -2.90. The number of benzene rings is 1. The minimum Gasteiger partial charge on any atom is -0.454 e. The molecule has 0 radical (unpaired) electrons. The van der Waals surface area contributed by atoms with Crippen molar-refractivity contribution in [2.24, 2.45) is 0 Å². The number of ether oxygens (including phenoxy) is 2. The molecule has 0 spiro atoms. The summed E-state index contributed by atoms with van der Waals surface area (Å²) >= 11 is 0. The van der Waals surface area contributed by atoms with Crippen LogP contribution < -0.4 is 20.1 Å². The van der Waals surface area contributed by atoms with Gasteiger partial charge in [0.1, 0.15) is 6.54 Å². The lowest BCUT2D eigenvalue weighted by Gasteiger charge is -2.23. The highest BCUT2D eigenvalue weighted by Gasteiger charge is 2.22. The van der Waals surface area contributed by atoms with E-state index in [1.165, 1.54) is 19.3 Å². The maximum atomic E-state index is 12.2. The first kappa shape index (κ1) is 15.2. The molecule has 5 heteroatoms. The number of rotatable bonds is 5. The number of carbonyl (C=O) groups is 1. The Hall–Kier alpha value is -1.75. The van der Waals surface area contributed by atoms with Gasteiger partial charge in [-0.3, -0.25) is 4.79 Å². The van der Waals surface area contributed by atoms with Gasteiger partial charge in [-0.05, 0) is 38.0 Å². The van der Waals surface area contributed by atoms with Crippen molar-refractivity contribution >= 4 is 5.91 Å². The van der Waals surface area contributed by atoms with Crippen LogP contribution in [0.2, 0.25) is 0 Å². The minimum atomic E-state index is -0.0765. The first-order chi connectivity index (χ1) is 10.7. The number of nitrogens with one attached hydrogen (secondary N) is 1.